The molecule has 0 saturated heterocycles. The first-order valence-corrected chi connectivity index (χ1v) is 6.97. The first-order chi connectivity index (χ1) is 11.2. The molecule has 0 aliphatic rings. The molecule has 0 spiro atoms. The van der Waals surface area contributed by atoms with Gasteiger partial charge in [-0.3, -0.25) is 10.1 Å². The number of nitrogens with zero attached hydrogens (tertiary/aromatic N) is 1. The minimum Gasteiger partial charge on any atom is -0.388 e. The van der Waals surface area contributed by atoms with E-state index in [-0.39, 0.29) is 6.01 Å². The number of benzene rings is 2. The molecule has 0 fully saturated rings. The molecule has 1 aromatic heterocycles. The third-order valence-electron chi connectivity index (χ3n) is 3.32. The third kappa shape index (κ3) is 3.12. The number of nitrogens with one attached hydrogen (secondary N) is 1. The zero-order valence-electron chi connectivity index (χ0n) is 12.4. The molecular weight excluding hydrogens is 296 g/mol. The highest BCUT2D eigenvalue weighted by Gasteiger charge is 2.14. The Hall–Kier alpha value is -2.99. The fraction of sp³-hybridized carbons (Fsp3) is 0.118. The largest absolute Gasteiger partial charge is 0.388 e. The number of amides is 1. The number of fused-ring (bicyclic) bond motifs is 1. The molecule has 0 unspecified atom stereocenters. The zero-order valence-corrected chi connectivity index (χ0v) is 12.4. The summed E-state index contributed by atoms with van der Waals surface area (Å²) in [6.45, 7) is 0.304. The van der Waals surface area contributed by atoms with Gasteiger partial charge in [0.25, 0.3) is 5.91 Å². The molecule has 1 amide bonds. The van der Waals surface area contributed by atoms with Crippen LogP contribution in [-0.2, 0) is 11.3 Å². The fourth-order valence-electron chi connectivity index (χ4n) is 2.26. The molecule has 116 valence electrons. The summed E-state index contributed by atoms with van der Waals surface area (Å²) in [5.74, 6) is -0.413. The Morgan fingerprint density at radius 3 is 2.74 bits per heavy atom. The number of ether oxygens (including phenoxy) is 1. The van der Waals surface area contributed by atoms with Crippen molar-refractivity contribution in [3.05, 3.63) is 70.1 Å². The molecule has 0 aliphatic carbocycles. The lowest BCUT2D eigenvalue weighted by molar-refractivity contribution is 0.101. The second kappa shape index (κ2) is 6.41. The van der Waals surface area contributed by atoms with Crippen LogP contribution in [0.2, 0.25) is 0 Å². The summed E-state index contributed by atoms with van der Waals surface area (Å²) in [7, 11) is 1.55. The van der Waals surface area contributed by atoms with Crippen LogP contribution in [-0.4, -0.2) is 18.0 Å². The van der Waals surface area contributed by atoms with Crippen molar-refractivity contribution in [2.45, 2.75) is 6.61 Å². The third-order valence-corrected chi connectivity index (χ3v) is 3.32. The van der Waals surface area contributed by atoms with Crippen molar-refractivity contribution in [3.8, 4) is 0 Å². The minimum absolute atomic E-state index is 0.133. The molecule has 1 heterocycles. The van der Waals surface area contributed by atoms with Gasteiger partial charge in [0.1, 0.15) is 0 Å². The highest BCUT2D eigenvalue weighted by Crippen LogP contribution is 2.14. The summed E-state index contributed by atoms with van der Waals surface area (Å²) in [5, 5.41) is 2.88. The monoisotopic (exact) mass is 310 g/mol. The molecule has 3 rings (SSSR count). The molecule has 1 N–H and O–H groups in total. The van der Waals surface area contributed by atoms with Crippen LogP contribution in [0.25, 0.3) is 10.9 Å². The maximum atomic E-state index is 12.4. The average Bonchev–Trinajstić information content (AvgIpc) is 2.55. The molecule has 2 aromatic carbocycles. The zero-order chi connectivity index (χ0) is 16.2. The van der Waals surface area contributed by atoms with Gasteiger partial charge in [0, 0.05) is 12.7 Å². The predicted octanol–water partition coefficient (Wildman–Crippen LogP) is 2.59. The van der Waals surface area contributed by atoms with Gasteiger partial charge in [-0.05, 0) is 23.8 Å². The number of rotatable bonds is 4. The van der Waals surface area contributed by atoms with E-state index in [9.17, 15) is 9.59 Å². The number of para-hydroxylation sites is 1. The van der Waals surface area contributed by atoms with Crippen LogP contribution in [0.1, 0.15) is 15.9 Å². The Balaban J connectivity index is 1.93. The lowest BCUT2D eigenvalue weighted by Crippen LogP contribution is -2.17. The van der Waals surface area contributed by atoms with Gasteiger partial charge in [0.2, 0.25) is 0 Å². The maximum Gasteiger partial charge on any atom is 0.348 e. The molecule has 0 atom stereocenters. The Morgan fingerprint density at radius 2 is 1.91 bits per heavy atom. The van der Waals surface area contributed by atoms with E-state index in [1.54, 1.807) is 49.6 Å². The van der Waals surface area contributed by atoms with Crippen LogP contribution in [0.5, 0.6) is 0 Å². The highest BCUT2D eigenvalue weighted by atomic mass is 16.5. The van der Waals surface area contributed by atoms with E-state index in [1.165, 1.54) is 0 Å². The lowest BCUT2D eigenvalue weighted by atomic mass is 10.1. The van der Waals surface area contributed by atoms with E-state index in [0.29, 0.717) is 23.1 Å². The second-order valence-corrected chi connectivity index (χ2v) is 4.87. The van der Waals surface area contributed by atoms with Crippen LogP contribution >= 0.6 is 0 Å². The summed E-state index contributed by atoms with van der Waals surface area (Å²) in [6.07, 6.45) is 0. The summed E-state index contributed by atoms with van der Waals surface area (Å²) >= 11 is 0. The number of methoxy groups -OCH3 is 1. The fourth-order valence-corrected chi connectivity index (χ4v) is 2.26. The number of carbonyl (C=O) groups excluding carboxylic acids is 1. The van der Waals surface area contributed by atoms with E-state index in [1.807, 2.05) is 6.07 Å². The van der Waals surface area contributed by atoms with Gasteiger partial charge in [-0.25, -0.2) is 4.79 Å². The van der Waals surface area contributed by atoms with E-state index < -0.39 is 11.5 Å². The van der Waals surface area contributed by atoms with Crippen molar-refractivity contribution in [2.75, 3.05) is 12.4 Å². The summed E-state index contributed by atoms with van der Waals surface area (Å²) in [4.78, 5) is 28.4. The first kappa shape index (κ1) is 14.9. The topological polar surface area (TPSA) is 81.4 Å². The van der Waals surface area contributed by atoms with Gasteiger partial charge >= 0.3 is 11.6 Å². The Kier molecular flexibility index (Phi) is 4.16. The van der Waals surface area contributed by atoms with Crippen molar-refractivity contribution < 1.29 is 13.9 Å². The number of aromatic nitrogens is 1. The van der Waals surface area contributed by atoms with Crippen LogP contribution < -0.4 is 10.9 Å². The molecule has 0 saturated carbocycles. The van der Waals surface area contributed by atoms with E-state index in [4.69, 9.17) is 9.15 Å². The van der Waals surface area contributed by atoms with Crippen molar-refractivity contribution in [1.29, 1.82) is 0 Å². The van der Waals surface area contributed by atoms with Crippen LogP contribution in [0.3, 0.4) is 0 Å². The van der Waals surface area contributed by atoms with Crippen molar-refractivity contribution in [3.63, 3.8) is 0 Å². The van der Waals surface area contributed by atoms with Gasteiger partial charge in [0.15, 0.2) is 0 Å². The normalized spacial score (nSPS) is 10.7. The minimum atomic E-state index is -0.545. The quantitative estimate of drug-likeness (QED) is 0.801. The number of hydrogen-bond donors (Lipinski definition) is 1. The van der Waals surface area contributed by atoms with Crippen molar-refractivity contribution >= 4 is 22.8 Å². The SMILES string of the molecule is COCc1ccccc1C(=O)Nc1nc2ccccc2c(=O)o1. The molecule has 6 heteroatoms. The van der Waals surface area contributed by atoms with E-state index >= 15 is 0 Å². The standard InChI is InChI=1S/C17H14N2O4/c1-22-10-11-6-2-3-7-12(11)15(20)19-17-18-14-9-5-4-8-13(14)16(21)23-17/h2-9H,10H2,1H3,(H,18,19,20). The second-order valence-electron chi connectivity index (χ2n) is 4.87. The van der Waals surface area contributed by atoms with Gasteiger partial charge < -0.3 is 9.15 Å². The smallest absolute Gasteiger partial charge is 0.348 e. The van der Waals surface area contributed by atoms with Gasteiger partial charge in [-0.1, -0.05) is 30.3 Å². The van der Waals surface area contributed by atoms with Crippen LogP contribution in [0.15, 0.2) is 57.7 Å². The van der Waals surface area contributed by atoms with Crippen LogP contribution in [0.4, 0.5) is 6.01 Å². The van der Waals surface area contributed by atoms with Crippen LogP contribution in [0, 0.1) is 0 Å². The molecule has 6 nitrogen and oxygen atoms in total. The highest BCUT2D eigenvalue weighted by molar-refractivity contribution is 6.04. The van der Waals surface area contributed by atoms with Gasteiger partial charge in [-0.2, -0.15) is 4.98 Å². The Bertz CT molecular complexity index is 918. The first-order valence-electron chi connectivity index (χ1n) is 6.97. The summed E-state index contributed by atoms with van der Waals surface area (Å²) in [5.41, 5.74) is 1.09. The number of anilines is 1. The molecule has 23 heavy (non-hydrogen) atoms. The lowest BCUT2D eigenvalue weighted by Gasteiger charge is -2.08. The van der Waals surface area contributed by atoms with E-state index in [2.05, 4.69) is 10.3 Å². The van der Waals surface area contributed by atoms with Gasteiger partial charge in [-0.15, -0.1) is 0 Å². The number of carbonyl (C=O) groups is 1. The average molecular weight is 310 g/mol. The molecule has 0 bridgehead atoms. The van der Waals surface area contributed by atoms with Crippen molar-refractivity contribution in [2.24, 2.45) is 0 Å². The summed E-state index contributed by atoms with van der Waals surface area (Å²) in [6, 6.07) is 13.7. The molecule has 3 aromatic rings. The van der Waals surface area contributed by atoms with Gasteiger partial charge in [0.05, 0.1) is 17.5 Å². The predicted molar refractivity (Wildman–Crippen MR) is 85.4 cm³/mol. The van der Waals surface area contributed by atoms with E-state index in [0.717, 1.165) is 5.56 Å². The molecule has 0 radical (unpaired) electrons. The number of hydrogen-bond acceptors (Lipinski definition) is 5. The Morgan fingerprint density at radius 1 is 1.17 bits per heavy atom. The summed E-state index contributed by atoms with van der Waals surface area (Å²) < 4.78 is 10.1. The maximum absolute atomic E-state index is 12.4. The van der Waals surface area contributed by atoms with Crippen molar-refractivity contribution in [1.82, 2.24) is 4.98 Å². The molecule has 0 aliphatic heterocycles. The molecular formula is C17H14N2O4. The Labute approximate surface area is 131 Å².